The molecular weight excluding hydrogens is 168 g/mol. The Balaban J connectivity index is 2.67. The molecule has 0 aliphatic carbocycles. The maximum atomic E-state index is 10.9. The van der Waals surface area contributed by atoms with E-state index in [0.29, 0.717) is 5.23 Å². The molecule has 11 heavy (non-hydrogen) atoms. The molecule has 0 aromatic heterocycles. The third-order valence-corrected chi connectivity index (χ3v) is 2.00. The molecule has 1 N–H and O–H groups in total. The van der Waals surface area contributed by atoms with Crippen molar-refractivity contribution in [3.05, 3.63) is 0 Å². The number of nitrogens with zero attached hydrogens (tertiary/aromatic N) is 2. The number of rotatable bonds is 1. The Morgan fingerprint density at radius 2 is 2.64 bits per heavy atom. The Morgan fingerprint density at radius 3 is 3.18 bits per heavy atom. The minimum absolute atomic E-state index is 0.210. The monoisotopic (exact) mass is 176 g/mol. The van der Waals surface area contributed by atoms with E-state index in [1.54, 1.807) is 0 Å². The second kappa shape index (κ2) is 3.59. The SMILES string of the molecule is COC1=NN(CO)C(=O)CS1. The van der Waals surface area contributed by atoms with E-state index >= 15 is 0 Å². The van der Waals surface area contributed by atoms with Crippen LogP contribution >= 0.6 is 11.8 Å². The average molecular weight is 176 g/mol. The van der Waals surface area contributed by atoms with Gasteiger partial charge in [-0.25, -0.2) is 5.01 Å². The van der Waals surface area contributed by atoms with Gasteiger partial charge in [-0.1, -0.05) is 11.8 Å². The van der Waals surface area contributed by atoms with E-state index in [2.05, 4.69) is 5.10 Å². The van der Waals surface area contributed by atoms with Crippen LogP contribution in [-0.4, -0.2) is 40.8 Å². The van der Waals surface area contributed by atoms with Gasteiger partial charge in [-0.15, -0.1) is 5.10 Å². The summed E-state index contributed by atoms with van der Waals surface area (Å²) < 4.78 is 4.78. The molecule has 0 atom stereocenters. The Bertz CT molecular complexity index is 194. The first kappa shape index (κ1) is 8.35. The third-order valence-electron chi connectivity index (χ3n) is 1.12. The minimum Gasteiger partial charge on any atom is -0.475 e. The van der Waals surface area contributed by atoms with Crippen LogP contribution in [0.1, 0.15) is 0 Å². The van der Waals surface area contributed by atoms with Crippen molar-refractivity contribution in [2.75, 3.05) is 19.6 Å². The van der Waals surface area contributed by atoms with E-state index in [1.165, 1.54) is 18.9 Å². The fraction of sp³-hybridized carbons (Fsp3) is 0.600. The number of hydrogen-bond acceptors (Lipinski definition) is 5. The number of hydrazone groups is 1. The Hall–Kier alpha value is -0.750. The van der Waals surface area contributed by atoms with Crippen LogP contribution in [0, 0.1) is 0 Å². The number of carbonyl (C=O) groups excluding carboxylic acids is 1. The zero-order chi connectivity index (χ0) is 8.27. The average Bonchev–Trinajstić information content (AvgIpc) is 2.05. The van der Waals surface area contributed by atoms with Gasteiger partial charge < -0.3 is 9.84 Å². The maximum Gasteiger partial charge on any atom is 0.268 e. The summed E-state index contributed by atoms with van der Waals surface area (Å²) in [6, 6.07) is 0. The molecule has 1 amide bonds. The molecule has 1 rings (SSSR count). The zero-order valence-corrected chi connectivity index (χ0v) is 6.80. The van der Waals surface area contributed by atoms with Crippen molar-refractivity contribution in [2.45, 2.75) is 0 Å². The Labute approximate surface area is 68.0 Å². The van der Waals surface area contributed by atoms with E-state index in [9.17, 15) is 4.79 Å². The number of aliphatic hydroxyl groups is 1. The van der Waals surface area contributed by atoms with Crippen molar-refractivity contribution in [1.29, 1.82) is 0 Å². The molecule has 0 aromatic carbocycles. The van der Waals surface area contributed by atoms with Crippen LogP contribution in [0.15, 0.2) is 5.10 Å². The van der Waals surface area contributed by atoms with Crippen LogP contribution in [0.25, 0.3) is 0 Å². The first-order valence-corrected chi connectivity index (χ1v) is 3.93. The van der Waals surface area contributed by atoms with Gasteiger partial charge in [-0.05, 0) is 0 Å². The molecule has 0 saturated carbocycles. The molecule has 0 unspecified atom stereocenters. The molecule has 6 heteroatoms. The summed E-state index contributed by atoms with van der Waals surface area (Å²) in [5.41, 5.74) is 0. The summed E-state index contributed by atoms with van der Waals surface area (Å²) >= 11 is 1.22. The quantitative estimate of drug-likeness (QED) is 0.581. The van der Waals surface area contributed by atoms with Gasteiger partial charge in [-0.2, -0.15) is 0 Å². The van der Waals surface area contributed by atoms with Crippen molar-refractivity contribution < 1.29 is 14.6 Å². The van der Waals surface area contributed by atoms with E-state index in [-0.39, 0.29) is 11.7 Å². The number of carbonyl (C=O) groups is 1. The number of ether oxygens (including phenoxy) is 1. The number of thioether (sulfide) groups is 1. The molecule has 0 spiro atoms. The zero-order valence-electron chi connectivity index (χ0n) is 5.98. The molecule has 5 nitrogen and oxygen atoms in total. The molecule has 0 saturated heterocycles. The summed E-state index contributed by atoms with van der Waals surface area (Å²) in [5.74, 6) is 0.0612. The fourth-order valence-corrected chi connectivity index (χ4v) is 1.26. The summed E-state index contributed by atoms with van der Waals surface area (Å²) in [4.78, 5) is 10.9. The number of methoxy groups -OCH3 is 1. The summed E-state index contributed by atoms with van der Waals surface area (Å²) in [5, 5.41) is 13.7. The highest BCUT2D eigenvalue weighted by molar-refractivity contribution is 8.14. The second-order valence-electron chi connectivity index (χ2n) is 1.79. The van der Waals surface area contributed by atoms with Gasteiger partial charge in [0, 0.05) is 0 Å². The number of amides is 1. The molecular formula is C5H8N2O3S. The fourth-order valence-electron chi connectivity index (χ4n) is 0.591. The second-order valence-corrected chi connectivity index (χ2v) is 2.72. The van der Waals surface area contributed by atoms with Crippen LogP contribution in [0.2, 0.25) is 0 Å². The molecule has 62 valence electrons. The highest BCUT2D eigenvalue weighted by Gasteiger charge is 2.20. The van der Waals surface area contributed by atoms with Gasteiger partial charge in [0.1, 0.15) is 6.73 Å². The van der Waals surface area contributed by atoms with Crippen LogP contribution < -0.4 is 0 Å². The lowest BCUT2D eigenvalue weighted by atomic mass is 10.7. The largest absolute Gasteiger partial charge is 0.475 e. The summed E-state index contributed by atoms with van der Waals surface area (Å²) in [6.07, 6.45) is 0. The topological polar surface area (TPSA) is 62.1 Å². The normalized spacial score (nSPS) is 18.2. The van der Waals surface area contributed by atoms with Gasteiger partial charge in [0.05, 0.1) is 12.9 Å². The number of hydrogen-bond donors (Lipinski definition) is 1. The van der Waals surface area contributed by atoms with Crippen LogP contribution in [0.4, 0.5) is 0 Å². The minimum atomic E-state index is -0.397. The molecule has 1 aliphatic heterocycles. The first-order chi connectivity index (χ1) is 5.27. The highest BCUT2D eigenvalue weighted by atomic mass is 32.2. The van der Waals surface area contributed by atoms with Crippen molar-refractivity contribution in [3.8, 4) is 0 Å². The van der Waals surface area contributed by atoms with Gasteiger partial charge in [0.25, 0.3) is 11.1 Å². The predicted octanol–water partition coefficient (Wildman–Crippen LogP) is -0.571. The van der Waals surface area contributed by atoms with Crippen molar-refractivity contribution >= 4 is 22.9 Å². The standard InChI is InChI=1S/C5H8N2O3S/c1-10-5-6-7(3-8)4(9)2-11-5/h8H,2-3H2,1H3. The highest BCUT2D eigenvalue weighted by Crippen LogP contribution is 2.13. The van der Waals surface area contributed by atoms with Crippen LogP contribution in [0.5, 0.6) is 0 Å². The lowest BCUT2D eigenvalue weighted by Gasteiger charge is -2.19. The lowest BCUT2D eigenvalue weighted by molar-refractivity contribution is -0.132. The van der Waals surface area contributed by atoms with E-state index < -0.39 is 6.73 Å². The van der Waals surface area contributed by atoms with Crippen molar-refractivity contribution in [2.24, 2.45) is 5.10 Å². The number of aliphatic hydroxyl groups excluding tert-OH is 1. The van der Waals surface area contributed by atoms with E-state index in [1.807, 2.05) is 0 Å². The van der Waals surface area contributed by atoms with Crippen molar-refractivity contribution in [3.63, 3.8) is 0 Å². The summed E-state index contributed by atoms with van der Waals surface area (Å²) in [6.45, 7) is -0.397. The maximum absolute atomic E-state index is 10.9. The smallest absolute Gasteiger partial charge is 0.268 e. The van der Waals surface area contributed by atoms with Gasteiger partial charge in [0.15, 0.2) is 0 Å². The van der Waals surface area contributed by atoms with E-state index in [0.717, 1.165) is 5.01 Å². The summed E-state index contributed by atoms with van der Waals surface area (Å²) in [7, 11) is 1.47. The first-order valence-electron chi connectivity index (χ1n) is 2.94. The van der Waals surface area contributed by atoms with Crippen LogP contribution in [0.3, 0.4) is 0 Å². The Kier molecular flexibility index (Phi) is 2.72. The molecule has 0 radical (unpaired) electrons. The van der Waals surface area contributed by atoms with Gasteiger partial charge in [0.2, 0.25) is 0 Å². The molecule has 1 heterocycles. The van der Waals surface area contributed by atoms with Gasteiger partial charge >= 0.3 is 0 Å². The van der Waals surface area contributed by atoms with Crippen molar-refractivity contribution in [1.82, 2.24) is 5.01 Å². The van der Waals surface area contributed by atoms with Crippen LogP contribution in [-0.2, 0) is 9.53 Å². The molecule has 0 aromatic rings. The Morgan fingerprint density at radius 1 is 1.91 bits per heavy atom. The third kappa shape index (κ3) is 1.84. The molecule has 0 fully saturated rings. The van der Waals surface area contributed by atoms with E-state index in [4.69, 9.17) is 9.84 Å². The predicted molar refractivity (Wildman–Crippen MR) is 40.8 cm³/mol. The lowest BCUT2D eigenvalue weighted by Crippen LogP contribution is -2.33. The van der Waals surface area contributed by atoms with Gasteiger partial charge in [-0.3, -0.25) is 4.79 Å². The molecule has 0 bridgehead atoms. The molecule has 1 aliphatic rings.